The summed E-state index contributed by atoms with van der Waals surface area (Å²) in [6.45, 7) is 0. The lowest BCUT2D eigenvalue weighted by Crippen LogP contribution is -2.22. The molecule has 0 bridgehead atoms. The number of dihydropyridines is 1. The highest BCUT2D eigenvalue weighted by atomic mass is 31.1. The summed E-state index contributed by atoms with van der Waals surface area (Å²) in [5.74, 6) is 3.04. The van der Waals surface area contributed by atoms with E-state index in [1.165, 1.54) is 16.2 Å². The molecule has 2 aromatic rings. The summed E-state index contributed by atoms with van der Waals surface area (Å²) in [5.41, 5.74) is 1.42. The number of rotatable bonds is 5. The van der Waals surface area contributed by atoms with Gasteiger partial charge in [0.15, 0.2) is 0 Å². The summed E-state index contributed by atoms with van der Waals surface area (Å²) >= 11 is 0. The molecule has 0 spiro atoms. The first-order valence-electron chi connectivity index (χ1n) is 7.92. The first kappa shape index (κ1) is 15.7. The number of benzene rings is 2. The average Bonchev–Trinajstić information content (AvgIpc) is 2.62. The smallest absolute Gasteiger partial charge is 0.0812 e. The van der Waals surface area contributed by atoms with E-state index in [0.29, 0.717) is 5.78 Å². The Morgan fingerprint density at radius 2 is 1.61 bits per heavy atom. The Kier molecular flexibility index (Phi) is 5.41. The van der Waals surface area contributed by atoms with E-state index in [1.54, 1.807) is 0 Å². The van der Waals surface area contributed by atoms with Crippen LogP contribution >= 0.6 is 7.92 Å². The molecule has 2 aromatic carbocycles. The maximum atomic E-state index is 5.42. The van der Waals surface area contributed by atoms with Gasteiger partial charge in [0, 0.05) is 12.6 Å². The van der Waals surface area contributed by atoms with Gasteiger partial charge in [-0.25, -0.2) is 0 Å². The second-order valence-corrected chi connectivity index (χ2v) is 7.92. The quantitative estimate of drug-likeness (QED) is 0.577. The lowest BCUT2D eigenvalue weighted by molar-refractivity contribution is 0.816. The van der Waals surface area contributed by atoms with E-state index in [-0.39, 0.29) is 0 Å². The Bertz CT molecular complexity index is 686. The summed E-state index contributed by atoms with van der Waals surface area (Å²) < 4.78 is 0. The first-order valence-corrected chi connectivity index (χ1v) is 9.33. The number of nitrogens with zero attached hydrogens (tertiary/aromatic N) is 1. The minimum atomic E-state index is -0.501. The maximum Gasteiger partial charge on any atom is 0.0812 e. The van der Waals surface area contributed by atoms with Crippen LogP contribution < -0.4 is 10.6 Å². The molecule has 114 valence electrons. The molecular weight excluding hydrogens is 297 g/mol. The number of terminal acetylenes is 1. The van der Waals surface area contributed by atoms with Crippen LogP contribution in [0.4, 0.5) is 0 Å². The fraction of sp³-hybridized carbons (Fsp3) is 0.190. The lowest BCUT2D eigenvalue weighted by Gasteiger charge is -2.28. The van der Waals surface area contributed by atoms with Crippen molar-refractivity contribution < 1.29 is 0 Å². The molecule has 2 heteroatoms. The summed E-state index contributed by atoms with van der Waals surface area (Å²) in [5, 5.41) is 2.77. The third-order valence-electron chi connectivity index (χ3n) is 3.97. The van der Waals surface area contributed by atoms with Gasteiger partial charge in [0.1, 0.15) is 0 Å². The topological polar surface area (TPSA) is 12.4 Å². The Balaban J connectivity index is 1.90. The highest BCUT2D eigenvalue weighted by Gasteiger charge is 2.25. The van der Waals surface area contributed by atoms with E-state index in [1.807, 2.05) is 6.21 Å². The van der Waals surface area contributed by atoms with Crippen LogP contribution in [0.1, 0.15) is 19.3 Å². The second kappa shape index (κ2) is 7.91. The molecule has 1 atom stereocenters. The largest absolute Gasteiger partial charge is 0.284 e. The van der Waals surface area contributed by atoms with Gasteiger partial charge in [-0.1, -0.05) is 66.2 Å². The Morgan fingerprint density at radius 3 is 2.17 bits per heavy atom. The van der Waals surface area contributed by atoms with Crippen molar-refractivity contribution in [2.45, 2.75) is 25.0 Å². The number of allylic oxidation sites excluding steroid dienone is 1. The van der Waals surface area contributed by atoms with Crippen LogP contribution in [0.2, 0.25) is 0 Å². The second-order valence-electron chi connectivity index (χ2n) is 5.55. The van der Waals surface area contributed by atoms with Crippen LogP contribution in [0.3, 0.4) is 0 Å². The Morgan fingerprint density at radius 1 is 1.00 bits per heavy atom. The van der Waals surface area contributed by atoms with E-state index in [9.17, 15) is 0 Å². The van der Waals surface area contributed by atoms with Gasteiger partial charge >= 0.3 is 0 Å². The summed E-state index contributed by atoms with van der Waals surface area (Å²) in [4.78, 5) is 4.82. The predicted molar refractivity (Wildman–Crippen MR) is 102 cm³/mol. The van der Waals surface area contributed by atoms with Crippen LogP contribution in [0.25, 0.3) is 0 Å². The molecule has 1 aliphatic rings. The van der Waals surface area contributed by atoms with Crippen LogP contribution in [0, 0.1) is 12.3 Å². The summed E-state index contributed by atoms with van der Waals surface area (Å²) in [6.07, 6.45) is 12.3. The van der Waals surface area contributed by atoms with Gasteiger partial charge < -0.3 is 0 Å². The molecule has 0 radical (unpaired) electrons. The van der Waals surface area contributed by atoms with Gasteiger partial charge in [0.25, 0.3) is 0 Å². The molecule has 1 heterocycles. The Labute approximate surface area is 139 Å². The molecule has 0 saturated heterocycles. The van der Waals surface area contributed by atoms with Gasteiger partial charge in [-0.05, 0) is 37.4 Å². The van der Waals surface area contributed by atoms with Crippen molar-refractivity contribution in [2.24, 2.45) is 4.99 Å². The third-order valence-corrected chi connectivity index (χ3v) is 6.59. The van der Waals surface area contributed by atoms with Crippen LogP contribution in [-0.2, 0) is 0 Å². The first-order chi connectivity index (χ1) is 11.4. The minimum absolute atomic E-state index is 0.299. The van der Waals surface area contributed by atoms with E-state index in [2.05, 4.69) is 72.7 Å². The highest BCUT2D eigenvalue weighted by Crippen LogP contribution is 2.44. The highest BCUT2D eigenvalue weighted by molar-refractivity contribution is 7.73. The summed E-state index contributed by atoms with van der Waals surface area (Å²) in [6, 6.07) is 21.5. The van der Waals surface area contributed by atoms with Crippen molar-refractivity contribution >= 4 is 24.7 Å². The van der Waals surface area contributed by atoms with Crippen LogP contribution in [0.15, 0.2) is 77.3 Å². The van der Waals surface area contributed by atoms with E-state index in [4.69, 9.17) is 11.4 Å². The van der Waals surface area contributed by atoms with Crippen molar-refractivity contribution in [3.05, 3.63) is 72.3 Å². The lowest BCUT2D eigenvalue weighted by atomic mass is 10.1. The summed E-state index contributed by atoms with van der Waals surface area (Å²) in [7, 11) is -0.501. The Hall–Kier alpha value is -2.16. The number of aliphatic imine (C=N–C) groups is 1. The SMILES string of the molecule is C#CCCC1=CC=NC(P(c2ccccc2)c2ccccc2)C1. The van der Waals surface area contributed by atoms with Gasteiger partial charge in [-0.3, -0.25) is 4.99 Å². The number of hydrogen-bond donors (Lipinski definition) is 0. The van der Waals surface area contributed by atoms with Crippen molar-refractivity contribution in [3.63, 3.8) is 0 Å². The van der Waals surface area contributed by atoms with E-state index in [0.717, 1.165) is 19.3 Å². The van der Waals surface area contributed by atoms with Crippen LogP contribution in [0.5, 0.6) is 0 Å². The monoisotopic (exact) mass is 317 g/mol. The molecule has 3 rings (SSSR count). The maximum absolute atomic E-state index is 5.42. The predicted octanol–water partition coefficient (Wildman–Crippen LogP) is 4.26. The zero-order valence-corrected chi connectivity index (χ0v) is 14.0. The zero-order chi connectivity index (χ0) is 15.9. The van der Waals surface area contributed by atoms with E-state index >= 15 is 0 Å². The van der Waals surface area contributed by atoms with E-state index < -0.39 is 7.92 Å². The van der Waals surface area contributed by atoms with Gasteiger partial charge in [0.05, 0.1) is 5.78 Å². The molecule has 1 aliphatic heterocycles. The number of hydrogen-bond acceptors (Lipinski definition) is 1. The molecular formula is C21H20NP. The molecule has 0 saturated carbocycles. The van der Waals surface area contributed by atoms with Gasteiger partial charge in [-0.15, -0.1) is 12.3 Å². The minimum Gasteiger partial charge on any atom is -0.284 e. The zero-order valence-electron chi connectivity index (χ0n) is 13.1. The third kappa shape index (κ3) is 3.98. The van der Waals surface area contributed by atoms with Crippen molar-refractivity contribution in [2.75, 3.05) is 0 Å². The van der Waals surface area contributed by atoms with Gasteiger partial charge in [-0.2, -0.15) is 0 Å². The normalized spacial score (nSPS) is 16.9. The molecule has 0 fully saturated rings. The molecule has 1 nitrogen and oxygen atoms in total. The molecule has 0 N–H and O–H groups in total. The van der Waals surface area contributed by atoms with Crippen molar-refractivity contribution in [1.29, 1.82) is 0 Å². The molecule has 0 aromatic heterocycles. The molecule has 1 unspecified atom stereocenters. The van der Waals surface area contributed by atoms with Crippen LogP contribution in [-0.4, -0.2) is 12.0 Å². The molecule has 0 amide bonds. The van der Waals surface area contributed by atoms with Gasteiger partial charge in [0.2, 0.25) is 0 Å². The molecule has 0 aliphatic carbocycles. The molecule has 23 heavy (non-hydrogen) atoms. The fourth-order valence-corrected chi connectivity index (χ4v) is 5.45. The average molecular weight is 317 g/mol. The van der Waals surface area contributed by atoms with Crippen molar-refractivity contribution in [1.82, 2.24) is 0 Å². The fourth-order valence-electron chi connectivity index (χ4n) is 2.85. The van der Waals surface area contributed by atoms with Crippen molar-refractivity contribution in [3.8, 4) is 12.3 Å². The standard InChI is InChI=1S/C21H20NP/c1-2-3-10-18-15-16-22-21(17-18)23(19-11-6-4-7-12-19)20-13-8-5-9-14-20/h1,4-9,11-16,21H,3,10,17H2.